The summed E-state index contributed by atoms with van der Waals surface area (Å²) in [5.74, 6) is 0.482. The quantitative estimate of drug-likeness (QED) is 0.146. The Labute approximate surface area is 511 Å². The van der Waals surface area contributed by atoms with Crippen LogP contribution in [-0.2, 0) is 23.8 Å². The van der Waals surface area contributed by atoms with E-state index in [9.17, 15) is 36.3 Å². The molecular weight excluding hydrogens is 1210 g/mol. The van der Waals surface area contributed by atoms with Crippen molar-refractivity contribution in [2.45, 2.75) is 232 Å². The second-order valence-electron chi connectivity index (χ2n) is 25.4. The van der Waals surface area contributed by atoms with Crippen LogP contribution in [0.15, 0.2) is 75.2 Å². The molecule has 7 heterocycles. The average Bonchev–Trinajstić information content (AvgIpc) is 4.03. The molecule has 4 aliphatic heterocycles. The van der Waals surface area contributed by atoms with Gasteiger partial charge in [0.25, 0.3) is 10.1 Å². The summed E-state index contributed by atoms with van der Waals surface area (Å²) in [4.78, 5) is 28.2. The molecule has 4 fully saturated rings. The number of hydrogen-bond donors (Lipinski definition) is 3. The average molecular weight is 1290 g/mol. The molecule has 3 N–H and O–H groups in total. The van der Waals surface area contributed by atoms with E-state index in [0.717, 1.165) is 61.3 Å². The lowest BCUT2D eigenvalue weighted by Gasteiger charge is -2.43. The van der Waals surface area contributed by atoms with Crippen molar-refractivity contribution in [3.63, 3.8) is 0 Å². The van der Waals surface area contributed by atoms with Crippen molar-refractivity contribution in [1.29, 1.82) is 0 Å². The number of ether oxygens (including phenoxy) is 2. The molecule has 20 heteroatoms. The number of hydrogen-bond acceptors (Lipinski definition) is 13. The van der Waals surface area contributed by atoms with Gasteiger partial charge in [0.05, 0.1) is 18.5 Å². The molecular formula is C63H88BrF3N4O8S4. The molecule has 0 aliphatic carbocycles. The van der Waals surface area contributed by atoms with E-state index in [1.807, 2.05) is 77.8 Å². The summed E-state index contributed by atoms with van der Waals surface area (Å²) in [7, 11) is -3.47. The second-order valence-corrected chi connectivity index (χ2v) is 30.5. The molecule has 8 atom stereocenters. The fraction of sp³-hybridized carbons (Fsp3) is 0.587. The summed E-state index contributed by atoms with van der Waals surface area (Å²) in [5, 5.41) is 25.9. The summed E-state index contributed by atoms with van der Waals surface area (Å²) in [6.45, 7) is 27.8. The maximum absolute atomic E-state index is 13.4. The van der Waals surface area contributed by atoms with Crippen LogP contribution in [0.25, 0.3) is 30.3 Å². The monoisotopic (exact) mass is 1290 g/mol. The van der Waals surface area contributed by atoms with E-state index in [2.05, 4.69) is 78.9 Å². The molecule has 0 saturated carbocycles. The van der Waals surface area contributed by atoms with E-state index in [-0.39, 0.29) is 66.0 Å². The Morgan fingerprint density at radius 1 is 0.554 bits per heavy atom. The molecule has 8 unspecified atom stereocenters. The van der Waals surface area contributed by atoms with Gasteiger partial charge in [-0.15, -0.1) is 34.0 Å². The highest BCUT2D eigenvalue weighted by molar-refractivity contribution is 9.10. The number of benzene rings is 3. The molecule has 3 aromatic carbocycles. The Morgan fingerprint density at radius 3 is 1.27 bits per heavy atom. The third kappa shape index (κ3) is 20.4. The maximum Gasteiger partial charge on any atom is 0.410 e. The molecule has 6 aromatic rings. The summed E-state index contributed by atoms with van der Waals surface area (Å²) >= 11 is 8.18. The third-order valence-corrected chi connectivity index (χ3v) is 19.5. The fourth-order valence-corrected chi connectivity index (χ4v) is 16.4. The van der Waals surface area contributed by atoms with Gasteiger partial charge in [-0.05, 0) is 251 Å². The molecule has 460 valence electrons. The van der Waals surface area contributed by atoms with Gasteiger partial charge in [0.2, 0.25) is 0 Å². The summed E-state index contributed by atoms with van der Waals surface area (Å²) in [6.07, 6.45) is 6.91. The molecule has 0 bridgehead atoms. The summed E-state index contributed by atoms with van der Waals surface area (Å²) in [5.41, 5.74) is 1.66. The van der Waals surface area contributed by atoms with Gasteiger partial charge < -0.3 is 35.0 Å². The zero-order valence-corrected chi connectivity index (χ0v) is 55.7. The van der Waals surface area contributed by atoms with Crippen LogP contribution in [0.4, 0.5) is 22.8 Å². The number of nitrogens with zero attached hydrogens (tertiary/aromatic N) is 2. The fourth-order valence-electron chi connectivity index (χ4n) is 12.0. The Hall–Kier alpha value is -3.86. The number of nitrogens with one attached hydrogen (secondary N) is 2. The van der Waals surface area contributed by atoms with Crippen molar-refractivity contribution in [3.05, 3.63) is 104 Å². The van der Waals surface area contributed by atoms with Crippen LogP contribution >= 0.6 is 49.9 Å². The van der Waals surface area contributed by atoms with E-state index in [0.29, 0.717) is 48.8 Å². The van der Waals surface area contributed by atoms with Crippen LogP contribution in [0, 0.1) is 17.5 Å². The molecule has 0 spiro atoms. The zero-order chi connectivity index (χ0) is 61.5. The van der Waals surface area contributed by atoms with E-state index in [1.165, 1.54) is 41.5 Å². The van der Waals surface area contributed by atoms with Gasteiger partial charge in [0, 0.05) is 77.7 Å². The minimum absolute atomic E-state index is 0.0729. The van der Waals surface area contributed by atoms with Crippen molar-refractivity contribution >= 4 is 103 Å². The smallest absolute Gasteiger partial charge is 0.410 e. The number of rotatable bonds is 4. The van der Waals surface area contributed by atoms with Crippen LogP contribution in [0.2, 0.25) is 0 Å². The van der Waals surface area contributed by atoms with Crippen molar-refractivity contribution in [2.24, 2.45) is 0 Å². The van der Waals surface area contributed by atoms with Crippen LogP contribution < -0.4 is 10.6 Å². The number of halogens is 4. The number of likely N-dealkylation sites (tertiary alicyclic amines) is 2. The van der Waals surface area contributed by atoms with Crippen LogP contribution in [0.3, 0.4) is 0 Å². The summed E-state index contributed by atoms with van der Waals surface area (Å²) < 4.78 is 81.7. The van der Waals surface area contributed by atoms with Crippen LogP contribution in [-0.4, -0.2) is 114 Å². The highest BCUT2D eigenvalue weighted by Crippen LogP contribution is 2.42. The van der Waals surface area contributed by atoms with Gasteiger partial charge in [-0.2, -0.15) is 8.42 Å². The molecule has 4 aliphatic rings. The highest BCUT2D eigenvalue weighted by atomic mass is 79.9. The van der Waals surface area contributed by atoms with E-state index in [4.69, 9.17) is 13.7 Å². The lowest BCUT2D eigenvalue weighted by Crippen LogP contribution is -2.53. The number of carbonyl (C=O) groups is 2. The topological polar surface area (TPSA) is 147 Å². The number of thiophene rings is 3. The number of aliphatic hydroxyl groups is 1. The lowest BCUT2D eigenvalue weighted by molar-refractivity contribution is -0.0168. The standard InChI is InChI=1S/C20H26FNO2S.C15H18FNS.C13H25NO5S.C8H4BrFS.C7H15NO/c1-12-8-14(9-13(2)22(12)19(23)24-20(3,4)5)17-11-25-18-10-15(21)6-7-16(17)18;1-9-5-11(6-10(2)17-9)14-8-18-15-7-12(16)3-4-13(14)15;1-9-7-11(19-20(6,16)17)8-10(2)14(9)12(15)18-13(3,4)5;9-7-4-11-8-3-5(10)1-2-6(7)8;1-5-3-7(9)4-6(2)8-5/h6-7,10-14H,8-9H2,1-5H3;3-4,7-11,17H,5-6H2,1-2H3;9-11H,7-8H2,1-6H3;1-4H;5-9H,3-4H2,1-2H3. The van der Waals surface area contributed by atoms with Crippen LogP contribution in [0.5, 0.6) is 0 Å². The Bertz CT molecular complexity index is 3160. The van der Waals surface area contributed by atoms with Crippen molar-refractivity contribution < 1.29 is 49.9 Å². The molecule has 10 rings (SSSR count). The number of fused-ring (bicyclic) bond motifs is 3. The second kappa shape index (κ2) is 29.2. The predicted octanol–water partition coefficient (Wildman–Crippen LogP) is 16.7. The Balaban J connectivity index is 0.000000173. The van der Waals surface area contributed by atoms with Gasteiger partial charge in [0.1, 0.15) is 28.7 Å². The number of amides is 2. The van der Waals surface area contributed by atoms with Gasteiger partial charge in [-0.1, -0.05) is 12.1 Å². The molecule has 3 aromatic heterocycles. The minimum atomic E-state index is -3.47. The van der Waals surface area contributed by atoms with E-state index < -0.39 is 21.3 Å². The lowest BCUT2D eigenvalue weighted by atomic mass is 9.82. The van der Waals surface area contributed by atoms with E-state index >= 15 is 0 Å². The van der Waals surface area contributed by atoms with Gasteiger partial charge >= 0.3 is 12.2 Å². The first kappa shape index (κ1) is 68.3. The highest BCUT2D eigenvalue weighted by Gasteiger charge is 2.39. The minimum Gasteiger partial charge on any atom is -0.444 e. The normalized spacial score (nSPS) is 26.7. The predicted molar refractivity (Wildman–Crippen MR) is 339 cm³/mol. The molecule has 4 saturated heterocycles. The van der Waals surface area contributed by atoms with Gasteiger partial charge in [-0.3, -0.25) is 4.18 Å². The Kier molecular flexibility index (Phi) is 24.0. The van der Waals surface area contributed by atoms with Crippen molar-refractivity contribution in [2.75, 3.05) is 6.26 Å². The molecule has 12 nitrogen and oxygen atoms in total. The van der Waals surface area contributed by atoms with Crippen molar-refractivity contribution in [3.8, 4) is 0 Å². The SMILES string of the molecule is CC1CC(O)CC(C)N1.CC1CC(OS(C)(=O)=O)CC(C)N1C(=O)OC(C)(C)C.CC1CC(c2csc3cc(F)ccc23)CC(C)N1.CC1CC(c2csc3cc(F)ccc23)CC(C)N1C(=O)OC(C)(C)C.Fc1ccc2c(Br)csc2c1. The first-order valence-corrected chi connectivity index (χ1v) is 34.1. The number of piperidine rings is 4. The van der Waals surface area contributed by atoms with Crippen LogP contribution in [0.1, 0.15) is 171 Å². The molecule has 0 radical (unpaired) electrons. The summed E-state index contributed by atoms with van der Waals surface area (Å²) in [6, 6.07) is 17.1. The Morgan fingerprint density at radius 2 is 0.892 bits per heavy atom. The number of aliphatic hydroxyl groups excluding tert-OH is 1. The number of carbonyl (C=O) groups excluding carboxylic acids is 2. The molecule has 2 amide bonds. The van der Waals surface area contributed by atoms with Gasteiger partial charge in [0.15, 0.2) is 0 Å². The van der Waals surface area contributed by atoms with Crippen molar-refractivity contribution in [1.82, 2.24) is 20.4 Å². The third-order valence-electron chi connectivity index (χ3n) is 15.0. The first-order valence-electron chi connectivity index (χ1n) is 28.9. The van der Waals surface area contributed by atoms with E-state index in [1.54, 1.807) is 69.2 Å². The maximum atomic E-state index is 13.4. The van der Waals surface area contributed by atoms with Gasteiger partial charge in [-0.25, -0.2) is 22.8 Å². The zero-order valence-electron chi connectivity index (χ0n) is 50.9. The molecule has 83 heavy (non-hydrogen) atoms. The largest absolute Gasteiger partial charge is 0.444 e. The first-order chi connectivity index (χ1) is 38.6.